The largest absolute Gasteiger partial charge is 0.462 e. The van der Waals surface area contributed by atoms with Crippen LogP contribution in [0, 0.1) is 11.7 Å². The minimum Gasteiger partial charge on any atom is -0.462 e. The Morgan fingerprint density at radius 2 is 1.74 bits per heavy atom. The van der Waals surface area contributed by atoms with Crippen molar-refractivity contribution in [1.82, 2.24) is 5.32 Å². The maximum atomic E-state index is 13.3. The van der Waals surface area contributed by atoms with E-state index in [-0.39, 0.29) is 41.8 Å². The molecule has 3 N–H and O–H groups in total. The van der Waals surface area contributed by atoms with Crippen LogP contribution in [0.4, 0.5) is 10.1 Å². The normalized spacial score (nSPS) is 17.8. The number of ether oxygens (including phenoxy) is 3. The lowest BCUT2D eigenvalue weighted by molar-refractivity contribution is -0.151. The predicted molar refractivity (Wildman–Crippen MR) is 175 cm³/mol. The smallest absolute Gasteiger partial charge is 0.323 e. The van der Waals surface area contributed by atoms with Gasteiger partial charge in [-0.3, -0.25) is 13.9 Å². The van der Waals surface area contributed by atoms with Crippen molar-refractivity contribution in [3.05, 3.63) is 77.6 Å². The number of carbonyl (C=O) groups is 2. The lowest BCUT2D eigenvalue weighted by Crippen LogP contribution is -2.42. The van der Waals surface area contributed by atoms with Crippen LogP contribution >= 0.6 is 0 Å². The highest BCUT2D eigenvalue weighted by Gasteiger charge is 2.35. The first-order chi connectivity index (χ1) is 22.3. The number of anilines is 1. The quantitative estimate of drug-likeness (QED) is 0.208. The van der Waals surface area contributed by atoms with Gasteiger partial charge < -0.3 is 29.7 Å². The van der Waals surface area contributed by atoms with Gasteiger partial charge in [-0.15, -0.1) is 0 Å². The van der Waals surface area contributed by atoms with E-state index >= 15 is 0 Å². The van der Waals surface area contributed by atoms with Crippen LogP contribution in [0.15, 0.2) is 65.1 Å². The molecule has 1 aromatic heterocycles. The third-order valence-corrected chi connectivity index (χ3v) is 9.42. The maximum absolute atomic E-state index is 13.3. The average Bonchev–Trinajstić information content (AvgIpc) is 3.36. The molecule has 0 radical (unpaired) electrons. The molecule has 0 spiro atoms. The Hall–Kier alpha value is -4.46. The third kappa shape index (κ3) is 7.27. The van der Waals surface area contributed by atoms with Crippen LogP contribution in [0.1, 0.15) is 49.2 Å². The topological polar surface area (TPSA) is 150 Å². The summed E-state index contributed by atoms with van der Waals surface area (Å²) in [4.78, 5) is 25.8. The zero-order valence-electron chi connectivity index (χ0n) is 26.8. The van der Waals surface area contributed by atoms with E-state index in [2.05, 4.69) is 5.32 Å². The standard InChI is InChI=1S/C34H38FN3O8S/c1-6-19(2)31(36)34(40)43-18-25-17-38(47(5,41)42)28-16-29-27(15-26(28)20(3)44-25)30(33(39)37-4)32(46-29)21-7-11-23(12-8-21)45-24-13-9-22(35)10-14-24/h7-16,19-20,25,31H,6,17-18,36H2,1-5H3,(H,37,39)/t19-,20-,25?,31-/m0/s1. The summed E-state index contributed by atoms with van der Waals surface area (Å²) in [5.74, 6) is -0.238. The second-order valence-electron chi connectivity index (χ2n) is 11.6. The Kier molecular flexibility index (Phi) is 9.89. The zero-order valence-corrected chi connectivity index (χ0v) is 27.6. The fraction of sp³-hybridized carbons (Fsp3) is 0.353. The molecule has 11 nitrogen and oxygen atoms in total. The first-order valence-electron chi connectivity index (χ1n) is 15.2. The van der Waals surface area contributed by atoms with Crippen LogP contribution < -0.4 is 20.1 Å². The van der Waals surface area contributed by atoms with Crippen LogP contribution in [-0.2, 0) is 24.3 Å². The van der Waals surface area contributed by atoms with E-state index in [1.54, 1.807) is 43.3 Å². The highest BCUT2D eigenvalue weighted by molar-refractivity contribution is 7.92. The molecular formula is C34H38FN3O8S. The number of sulfonamides is 1. The summed E-state index contributed by atoms with van der Waals surface area (Å²) in [6, 6.07) is 14.9. The van der Waals surface area contributed by atoms with Crippen LogP contribution in [0.5, 0.6) is 11.5 Å². The number of carbonyl (C=O) groups excluding carboxylic acids is 2. The van der Waals surface area contributed by atoms with Crippen molar-refractivity contribution in [2.45, 2.75) is 45.4 Å². The number of fused-ring (bicyclic) bond motifs is 2. The summed E-state index contributed by atoms with van der Waals surface area (Å²) in [5.41, 5.74) is 7.96. The van der Waals surface area contributed by atoms with E-state index in [1.165, 1.54) is 35.6 Å². The highest BCUT2D eigenvalue weighted by atomic mass is 32.2. The van der Waals surface area contributed by atoms with E-state index < -0.39 is 40.1 Å². The van der Waals surface area contributed by atoms with Gasteiger partial charge in [0.05, 0.1) is 30.2 Å². The molecule has 1 aliphatic rings. The Morgan fingerprint density at radius 3 is 2.34 bits per heavy atom. The average molecular weight is 668 g/mol. The van der Waals surface area contributed by atoms with Gasteiger partial charge in [0.15, 0.2) is 0 Å². The van der Waals surface area contributed by atoms with Gasteiger partial charge in [-0.25, -0.2) is 12.8 Å². The number of nitrogens with zero attached hydrogens (tertiary/aromatic N) is 1. The molecule has 0 aliphatic carbocycles. The molecule has 4 atom stereocenters. The minimum absolute atomic E-state index is 0.0872. The van der Waals surface area contributed by atoms with Crippen LogP contribution in [0.25, 0.3) is 22.3 Å². The van der Waals surface area contributed by atoms with E-state index in [0.717, 1.165) is 6.26 Å². The molecule has 3 aromatic carbocycles. The van der Waals surface area contributed by atoms with Crippen LogP contribution in [-0.4, -0.2) is 58.9 Å². The van der Waals surface area contributed by atoms with Crippen molar-refractivity contribution in [1.29, 1.82) is 0 Å². The summed E-state index contributed by atoms with van der Waals surface area (Å²) in [7, 11) is -2.33. The number of benzene rings is 3. The Balaban J connectivity index is 1.50. The second kappa shape index (κ2) is 13.7. The molecule has 1 aliphatic heterocycles. The second-order valence-corrected chi connectivity index (χ2v) is 13.5. The highest BCUT2D eigenvalue weighted by Crippen LogP contribution is 2.42. The third-order valence-electron chi connectivity index (χ3n) is 8.27. The van der Waals surface area contributed by atoms with Crippen molar-refractivity contribution in [3.63, 3.8) is 0 Å². The lowest BCUT2D eigenvalue weighted by atomic mass is 10.0. The van der Waals surface area contributed by atoms with Gasteiger partial charge in [-0.05, 0) is 67.4 Å². The monoisotopic (exact) mass is 667 g/mol. The number of halogens is 1. The van der Waals surface area contributed by atoms with Gasteiger partial charge in [0.1, 0.15) is 47.4 Å². The number of furan rings is 1. The minimum atomic E-state index is -3.84. The number of hydrogen-bond donors (Lipinski definition) is 2. The molecule has 0 saturated heterocycles. The van der Waals surface area contributed by atoms with E-state index in [4.69, 9.17) is 24.4 Å². The van der Waals surface area contributed by atoms with Gasteiger partial charge >= 0.3 is 5.97 Å². The van der Waals surface area contributed by atoms with Crippen molar-refractivity contribution < 1.29 is 41.0 Å². The molecule has 0 fully saturated rings. The molecule has 2 heterocycles. The fourth-order valence-electron chi connectivity index (χ4n) is 5.41. The molecular weight excluding hydrogens is 629 g/mol. The predicted octanol–water partition coefficient (Wildman–Crippen LogP) is 5.53. The van der Waals surface area contributed by atoms with Gasteiger partial charge in [-0.1, -0.05) is 20.3 Å². The number of rotatable bonds is 10. The first-order valence-corrected chi connectivity index (χ1v) is 17.1. The van der Waals surface area contributed by atoms with E-state index in [9.17, 15) is 22.4 Å². The van der Waals surface area contributed by atoms with E-state index in [0.29, 0.717) is 40.1 Å². The van der Waals surface area contributed by atoms with Gasteiger partial charge in [0.25, 0.3) is 5.91 Å². The fourth-order valence-corrected chi connectivity index (χ4v) is 6.36. The first kappa shape index (κ1) is 33.9. The summed E-state index contributed by atoms with van der Waals surface area (Å²) in [6.45, 7) is 5.21. The zero-order chi connectivity index (χ0) is 34.0. The summed E-state index contributed by atoms with van der Waals surface area (Å²) in [6.07, 6.45) is 0.337. The SMILES string of the molecule is CC[C@H](C)[C@H](N)C(=O)OCC1CN(S(C)(=O)=O)c2cc3oc(-c4ccc(Oc5ccc(F)cc5)cc4)c(C(=O)NC)c3cc2[C@H](C)O1. The number of esters is 1. The maximum Gasteiger partial charge on any atom is 0.323 e. The van der Waals surface area contributed by atoms with Gasteiger partial charge in [-0.2, -0.15) is 0 Å². The molecule has 47 heavy (non-hydrogen) atoms. The summed E-state index contributed by atoms with van der Waals surface area (Å²) in [5, 5.41) is 3.12. The van der Waals surface area contributed by atoms with Crippen molar-refractivity contribution >= 4 is 38.6 Å². The van der Waals surface area contributed by atoms with E-state index in [1.807, 2.05) is 13.8 Å². The van der Waals surface area contributed by atoms with Crippen molar-refractivity contribution in [2.24, 2.45) is 11.7 Å². The molecule has 250 valence electrons. The summed E-state index contributed by atoms with van der Waals surface area (Å²) < 4.78 is 64.4. The molecule has 0 bridgehead atoms. The Morgan fingerprint density at radius 1 is 1.11 bits per heavy atom. The molecule has 13 heteroatoms. The molecule has 1 amide bonds. The Labute approximate surface area is 272 Å². The molecule has 4 aromatic rings. The Bertz CT molecular complexity index is 1880. The van der Waals surface area contributed by atoms with Crippen LogP contribution in [0.2, 0.25) is 0 Å². The van der Waals surface area contributed by atoms with Gasteiger partial charge in [0, 0.05) is 29.6 Å². The van der Waals surface area contributed by atoms with Crippen LogP contribution in [0.3, 0.4) is 0 Å². The number of amides is 1. The number of hydrogen-bond acceptors (Lipinski definition) is 9. The molecule has 0 saturated carbocycles. The van der Waals surface area contributed by atoms with Crippen molar-refractivity contribution in [3.8, 4) is 22.8 Å². The van der Waals surface area contributed by atoms with Crippen molar-refractivity contribution in [2.75, 3.05) is 30.8 Å². The molecule has 5 rings (SSSR count). The molecule has 1 unspecified atom stereocenters. The number of nitrogens with one attached hydrogen (secondary N) is 1. The van der Waals surface area contributed by atoms with Gasteiger partial charge in [0.2, 0.25) is 10.0 Å². The number of nitrogens with two attached hydrogens (primary N) is 1. The summed E-state index contributed by atoms with van der Waals surface area (Å²) >= 11 is 0. The lowest BCUT2D eigenvalue weighted by Gasteiger charge is -2.25.